The lowest BCUT2D eigenvalue weighted by Gasteiger charge is -2.30. The first-order chi connectivity index (χ1) is 16.7. The molecule has 0 saturated carbocycles. The molecule has 0 bridgehead atoms. The summed E-state index contributed by atoms with van der Waals surface area (Å²) in [5.41, 5.74) is 5.16. The van der Waals surface area contributed by atoms with Crippen LogP contribution in [0.5, 0.6) is 0 Å². The molecule has 0 radical (unpaired) electrons. The first-order valence-electron chi connectivity index (χ1n) is 10.6. The number of allylic oxidation sites excluding steroid dienone is 2. The molecule has 2 aromatic carbocycles. The van der Waals surface area contributed by atoms with Crippen LogP contribution < -0.4 is 5.32 Å². The Labute approximate surface area is 217 Å². The zero-order valence-electron chi connectivity index (χ0n) is 19.4. The van der Waals surface area contributed by atoms with Gasteiger partial charge in [0.05, 0.1) is 47.0 Å². The number of nitrogens with one attached hydrogen (secondary N) is 1. The van der Waals surface area contributed by atoms with Gasteiger partial charge in [-0.15, -0.1) is 11.3 Å². The Morgan fingerprint density at radius 3 is 2.17 bits per heavy atom. The number of thiazole rings is 1. The summed E-state index contributed by atoms with van der Waals surface area (Å²) < 4.78 is 10.1. The highest BCUT2D eigenvalue weighted by atomic mass is 35.5. The summed E-state index contributed by atoms with van der Waals surface area (Å²) in [5, 5.41) is 6.78. The number of methoxy groups -OCH3 is 2. The van der Waals surface area contributed by atoms with E-state index in [1.165, 1.54) is 25.6 Å². The minimum atomic E-state index is -0.661. The fourth-order valence-corrected chi connectivity index (χ4v) is 5.26. The van der Waals surface area contributed by atoms with Crippen LogP contribution in [0.25, 0.3) is 21.8 Å². The number of benzene rings is 2. The lowest BCUT2D eigenvalue weighted by molar-refractivity contribution is -0.137. The van der Waals surface area contributed by atoms with Crippen molar-refractivity contribution < 1.29 is 19.1 Å². The van der Waals surface area contributed by atoms with Gasteiger partial charge in [-0.2, -0.15) is 0 Å². The standard InChI is InChI=1S/C26H22Cl2N2O4S/c1-13-21(25(31)33-3)23(22(14(2)29-13)26(32)34-4)16-6-5-7-17(10-16)24-30-20(12-35-24)15-8-9-18(27)19(28)11-15/h5-12,23,29H,1-4H3. The minimum Gasteiger partial charge on any atom is -0.466 e. The van der Waals surface area contributed by atoms with E-state index in [0.29, 0.717) is 32.6 Å². The summed E-state index contributed by atoms with van der Waals surface area (Å²) in [7, 11) is 2.64. The van der Waals surface area contributed by atoms with Crippen molar-refractivity contribution in [2.45, 2.75) is 19.8 Å². The van der Waals surface area contributed by atoms with E-state index >= 15 is 0 Å². The second-order valence-electron chi connectivity index (χ2n) is 7.91. The number of rotatable bonds is 5. The van der Waals surface area contributed by atoms with Crippen LogP contribution in [0.3, 0.4) is 0 Å². The second-order valence-corrected chi connectivity index (χ2v) is 9.58. The van der Waals surface area contributed by atoms with Gasteiger partial charge in [-0.25, -0.2) is 14.6 Å². The Hall–Kier alpha value is -3.13. The predicted molar refractivity (Wildman–Crippen MR) is 138 cm³/mol. The fourth-order valence-electron chi connectivity index (χ4n) is 4.13. The largest absolute Gasteiger partial charge is 0.466 e. The van der Waals surface area contributed by atoms with Gasteiger partial charge in [0, 0.05) is 27.9 Å². The number of hydrogen-bond acceptors (Lipinski definition) is 7. The summed E-state index contributed by atoms with van der Waals surface area (Å²) in [4.78, 5) is 30.3. The van der Waals surface area contributed by atoms with Gasteiger partial charge in [-0.1, -0.05) is 47.5 Å². The van der Waals surface area contributed by atoms with Gasteiger partial charge in [0.1, 0.15) is 5.01 Å². The first-order valence-corrected chi connectivity index (χ1v) is 12.2. The third kappa shape index (κ3) is 4.85. The zero-order valence-corrected chi connectivity index (χ0v) is 21.8. The van der Waals surface area contributed by atoms with Gasteiger partial charge in [0.25, 0.3) is 0 Å². The van der Waals surface area contributed by atoms with Gasteiger partial charge in [0.2, 0.25) is 0 Å². The third-order valence-corrected chi connectivity index (χ3v) is 7.39. The van der Waals surface area contributed by atoms with E-state index in [2.05, 4.69) is 5.32 Å². The quantitative estimate of drug-likeness (QED) is 0.388. The molecular weight excluding hydrogens is 507 g/mol. The lowest BCUT2D eigenvalue weighted by Crippen LogP contribution is -2.32. The number of halogens is 2. The summed E-state index contributed by atoms with van der Waals surface area (Å²) in [5.74, 6) is -1.70. The average molecular weight is 529 g/mol. The van der Waals surface area contributed by atoms with Crippen LogP contribution in [0.4, 0.5) is 0 Å². The molecule has 1 aliphatic rings. The molecule has 1 N–H and O–H groups in total. The van der Waals surface area contributed by atoms with Crippen molar-refractivity contribution in [2.75, 3.05) is 14.2 Å². The molecule has 1 aromatic heterocycles. The second kappa shape index (κ2) is 10.2. The van der Waals surface area contributed by atoms with Crippen molar-refractivity contribution in [1.82, 2.24) is 10.3 Å². The molecule has 0 unspecified atom stereocenters. The molecule has 6 nitrogen and oxygen atoms in total. The molecule has 3 aromatic rings. The van der Waals surface area contributed by atoms with Crippen molar-refractivity contribution in [3.05, 3.63) is 86.0 Å². The number of carbonyl (C=O) groups excluding carboxylic acids is 2. The average Bonchev–Trinajstić information content (AvgIpc) is 3.35. The third-order valence-electron chi connectivity index (χ3n) is 5.76. The van der Waals surface area contributed by atoms with E-state index in [9.17, 15) is 9.59 Å². The number of hydrogen-bond donors (Lipinski definition) is 1. The maximum Gasteiger partial charge on any atom is 0.336 e. The molecule has 180 valence electrons. The summed E-state index contributed by atoms with van der Waals surface area (Å²) in [6, 6.07) is 13.0. The van der Waals surface area contributed by atoms with Crippen molar-refractivity contribution in [2.24, 2.45) is 0 Å². The lowest BCUT2D eigenvalue weighted by atomic mass is 9.80. The van der Waals surface area contributed by atoms with Crippen LogP contribution in [-0.4, -0.2) is 31.1 Å². The van der Waals surface area contributed by atoms with Crippen LogP contribution in [-0.2, 0) is 19.1 Å². The van der Waals surface area contributed by atoms with Crippen LogP contribution in [0, 0.1) is 0 Å². The Balaban J connectivity index is 1.79. The monoisotopic (exact) mass is 528 g/mol. The molecule has 0 spiro atoms. The predicted octanol–water partition coefficient (Wildman–Crippen LogP) is 6.36. The van der Waals surface area contributed by atoms with Gasteiger partial charge in [0.15, 0.2) is 0 Å². The van der Waals surface area contributed by atoms with Crippen LogP contribution >= 0.6 is 34.5 Å². The smallest absolute Gasteiger partial charge is 0.336 e. The topological polar surface area (TPSA) is 77.5 Å². The fraction of sp³-hybridized carbons (Fsp3) is 0.192. The molecule has 4 rings (SSSR count). The maximum absolute atomic E-state index is 12.8. The zero-order chi connectivity index (χ0) is 25.3. The summed E-state index contributed by atoms with van der Waals surface area (Å²) in [6.45, 7) is 3.57. The molecule has 2 heterocycles. The Kier molecular flexibility index (Phi) is 7.31. The van der Waals surface area contributed by atoms with E-state index in [-0.39, 0.29) is 0 Å². The minimum absolute atomic E-state index is 0.353. The maximum atomic E-state index is 12.8. The van der Waals surface area contributed by atoms with E-state index in [1.807, 2.05) is 35.7 Å². The van der Waals surface area contributed by atoms with Gasteiger partial charge in [-0.05, 0) is 37.6 Å². The number of dihydropyridines is 1. The van der Waals surface area contributed by atoms with E-state index < -0.39 is 17.9 Å². The van der Waals surface area contributed by atoms with E-state index in [1.54, 1.807) is 26.0 Å². The summed E-state index contributed by atoms with van der Waals surface area (Å²) in [6.07, 6.45) is 0. The van der Waals surface area contributed by atoms with Gasteiger partial charge in [-0.3, -0.25) is 0 Å². The van der Waals surface area contributed by atoms with Crippen molar-refractivity contribution in [3.63, 3.8) is 0 Å². The molecule has 0 amide bonds. The molecule has 1 aliphatic heterocycles. The normalized spacial score (nSPS) is 14.1. The van der Waals surface area contributed by atoms with Crippen LogP contribution in [0.2, 0.25) is 10.0 Å². The molecule has 0 saturated heterocycles. The molecule has 0 fully saturated rings. The van der Waals surface area contributed by atoms with E-state index in [0.717, 1.165) is 27.4 Å². The number of ether oxygens (including phenoxy) is 2. The molecule has 35 heavy (non-hydrogen) atoms. The Morgan fingerprint density at radius 2 is 1.57 bits per heavy atom. The van der Waals surface area contributed by atoms with Crippen molar-refractivity contribution >= 4 is 46.5 Å². The summed E-state index contributed by atoms with van der Waals surface area (Å²) >= 11 is 13.7. The number of esters is 2. The first kappa shape index (κ1) is 25.0. The highest BCUT2D eigenvalue weighted by molar-refractivity contribution is 7.13. The molecule has 0 atom stereocenters. The van der Waals surface area contributed by atoms with Crippen molar-refractivity contribution in [3.8, 4) is 21.8 Å². The van der Waals surface area contributed by atoms with E-state index in [4.69, 9.17) is 37.7 Å². The number of aromatic nitrogens is 1. The molecule has 9 heteroatoms. The Bertz CT molecular complexity index is 1360. The van der Waals surface area contributed by atoms with Gasteiger partial charge >= 0.3 is 11.9 Å². The molecule has 0 aliphatic carbocycles. The highest BCUT2D eigenvalue weighted by Crippen LogP contribution is 2.41. The highest BCUT2D eigenvalue weighted by Gasteiger charge is 2.37. The number of carbonyl (C=O) groups is 2. The van der Waals surface area contributed by atoms with Crippen LogP contribution in [0.15, 0.2) is 70.4 Å². The number of nitrogens with zero attached hydrogens (tertiary/aromatic N) is 1. The Morgan fingerprint density at radius 1 is 0.914 bits per heavy atom. The van der Waals surface area contributed by atoms with Crippen molar-refractivity contribution in [1.29, 1.82) is 0 Å². The van der Waals surface area contributed by atoms with Gasteiger partial charge < -0.3 is 14.8 Å². The molecular formula is C26H22Cl2N2O4S. The SMILES string of the molecule is COC(=O)C1=C(C)NC(C)=C(C(=O)OC)C1c1cccc(-c2nc(-c3ccc(Cl)c(Cl)c3)cs2)c1. The van der Waals surface area contributed by atoms with Crippen LogP contribution in [0.1, 0.15) is 25.3 Å².